The molecule has 0 spiro atoms. The molecule has 0 amide bonds. The Bertz CT molecular complexity index is 607. The summed E-state index contributed by atoms with van der Waals surface area (Å²) in [5.74, 6) is 2.16. The highest BCUT2D eigenvalue weighted by atomic mass is 35.5. The second kappa shape index (κ2) is 5.71. The predicted molar refractivity (Wildman–Crippen MR) is 79.8 cm³/mol. The summed E-state index contributed by atoms with van der Waals surface area (Å²) in [7, 11) is 0. The topological polar surface area (TPSA) is 63.6 Å². The van der Waals surface area contributed by atoms with Crippen molar-refractivity contribution in [1.29, 1.82) is 0 Å². The van der Waals surface area contributed by atoms with Crippen LogP contribution in [-0.4, -0.2) is 19.9 Å². The van der Waals surface area contributed by atoms with Gasteiger partial charge in [-0.05, 0) is 13.0 Å². The third kappa shape index (κ3) is 3.87. The van der Waals surface area contributed by atoms with Gasteiger partial charge in [0.15, 0.2) is 0 Å². The minimum absolute atomic E-state index is 0.146. The van der Waals surface area contributed by atoms with Crippen molar-refractivity contribution in [3.8, 4) is 0 Å². The first-order chi connectivity index (χ1) is 9.34. The van der Waals surface area contributed by atoms with Gasteiger partial charge in [-0.15, -0.1) is 0 Å². The van der Waals surface area contributed by atoms with Crippen LogP contribution in [0.1, 0.15) is 38.1 Å². The minimum Gasteiger partial charge on any atom is -0.364 e. The number of aryl methyl sites for hydroxylation is 1. The molecule has 2 heterocycles. The maximum Gasteiger partial charge on any atom is 0.137 e. The fourth-order valence-electron chi connectivity index (χ4n) is 1.63. The van der Waals surface area contributed by atoms with E-state index in [1.807, 2.05) is 13.0 Å². The van der Waals surface area contributed by atoms with Crippen molar-refractivity contribution in [3.05, 3.63) is 40.8 Å². The van der Waals surface area contributed by atoms with E-state index in [1.165, 1.54) is 0 Å². The van der Waals surface area contributed by atoms with E-state index in [0.717, 1.165) is 11.5 Å². The van der Waals surface area contributed by atoms with Crippen molar-refractivity contribution in [2.24, 2.45) is 0 Å². The molecule has 0 unspecified atom stereocenters. The van der Waals surface area contributed by atoms with Crippen LogP contribution in [0.15, 0.2) is 18.3 Å². The summed E-state index contributed by atoms with van der Waals surface area (Å²) in [6, 6.07) is 3.58. The van der Waals surface area contributed by atoms with Gasteiger partial charge in [-0.3, -0.25) is 0 Å². The summed E-state index contributed by atoms with van der Waals surface area (Å²) in [5.41, 5.74) is 0.761. The fourth-order valence-corrected chi connectivity index (χ4v) is 1.81. The molecule has 0 aliphatic rings. The van der Waals surface area contributed by atoms with Gasteiger partial charge >= 0.3 is 0 Å². The smallest absolute Gasteiger partial charge is 0.137 e. The van der Waals surface area contributed by atoms with Crippen molar-refractivity contribution in [2.45, 2.75) is 39.7 Å². The first-order valence-corrected chi connectivity index (χ1v) is 6.80. The van der Waals surface area contributed by atoms with Crippen LogP contribution in [0, 0.1) is 6.92 Å². The molecule has 2 aromatic rings. The van der Waals surface area contributed by atoms with Crippen LogP contribution in [0.25, 0.3) is 0 Å². The van der Waals surface area contributed by atoms with Gasteiger partial charge in [0.1, 0.15) is 22.6 Å². The van der Waals surface area contributed by atoms with E-state index in [1.54, 1.807) is 12.3 Å². The number of nitrogens with zero attached hydrogens (tertiary/aromatic N) is 4. The number of halogens is 1. The Labute approximate surface area is 123 Å². The van der Waals surface area contributed by atoms with Gasteiger partial charge in [0.05, 0.1) is 12.2 Å². The van der Waals surface area contributed by atoms with Crippen molar-refractivity contribution < 1.29 is 0 Å². The summed E-state index contributed by atoms with van der Waals surface area (Å²) in [6.07, 6.45) is 1.74. The van der Waals surface area contributed by atoms with E-state index in [2.05, 4.69) is 46.0 Å². The molecule has 0 saturated heterocycles. The SMILES string of the molecule is Cc1nccc(CNc2cc(Cl)nc(C(C)(C)C)n2)n1. The van der Waals surface area contributed by atoms with Gasteiger partial charge in [-0.1, -0.05) is 32.4 Å². The number of hydrogen-bond donors (Lipinski definition) is 1. The van der Waals surface area contributed by atoms with Crippen LogP contribution in [0.2, 0.25) is 5.15 Å². The standard InChI is InChI=1S/C14H18ClN5/c1-9-16-6-5-10(18-9)8-17-12-7-11(15)19-13(20-12)14(2,3)4/h5-7H,8H2,1-4H3,(H,17,19,20). The Kier molecular flexibility index (Phi) is 4.18. The lowest BCUT2D eigenvalue weighted by atomic mass is 9.96. The second-order valence-corrected chi connectivity index (χ2v) is 5.99. The van der Waals surface area contributed by atoms with E-state index >= 15 is 0 Å². The van der Waals surface area contributed by atoms with Gasteiger partial charge in [0.2, 0.25) is 0 Å². The summed E-state index contributed by atoms with van der Waals surface area (Å²) in [6.45, 7) is 8.59. The average molecular weight is 292 g/mol. The highest BCUT2D eigenvalue weighted by molar-refractivity contribution is 6.29. The van der Waals surface area contributed by atoms with Gasteiger partial charge in [-0.25, -0.2) is 19.9 Å². The highest BCUT2D eigenvalue weighted by Crippen LogP contribution is 2.22. The molecule has 20 heavy (non-hydrogen) atoms. The van der Waals surface area contributed by atoms with Gasteiger partial charge < -0.3 is 5.32 Å². The zero-order valence-corrected chi connectivity index (χ0v) is 12.9. The first-order valence-electron chi connectivity index (χ1n) is 6.42. The molecule has 106 valence electrons. The second-order valence-electron chi connectivity index (χ2n) is 5.60. The quantitative estimate of drug-likeness (QED) is 0.880. The Morgan fingerprint density at radius 3 is 2.60 bits per heavy atom. The van der Waals surface area contributed by atoms with Crippen LogP contribution >= 0.6 is 11.6 Å². The zero-order chi connectivity index (χ0) is 14.8. The third-order valence-corrected chi connectivity index (χ3v) is 2.84. The van der Waals surface area contributed by atoms with Crippen LogP contribution in [0.3, 0.4) is 0 Å². The number of hydrogen-bond acceptors (Lipinski definition) is 5. The van der Waals surface area contributed by atoms with Crippen molar-refractivity contribution in [2.75, 3.05) is 5.32 Å². The van der Waals surface area contributed by atoms with E-state index in [9.17, 15) is 0 Å². The fraction of sp³-hybridized carbons (Fsp3) is 0.429. The molecule has 0 aromatic carbocycles. The minimum atomic E-state index is -0.146. The highest BCUT2D eigenvalue weighted by Gasteiger charge is 2.18. The van der Waals surface area contributed by atoms with E-state index in [-0.39, 0.29) is 5.41 Å². The molecule has 2 rings (SSSR count). The van der Waals surface area contributed by atoms with Crippen molar-refractivity contribution in [3.63, 3.8) is 0 Å². The summed E-state index contributed by atoms with van der Waals surface area (Å²) in [5, 5.41) is 3.65. The molecule has 5 nitrogen and oxygen atoms in total. The van der Waals surface area contributed by atoms with Gasteiger partial charge in [0, 0.05) is 17.7 Å². The Balaban J connectivity index is 2.16. The largest absolute Gasteiger partial charge is 0.364 e. The monoisotopic (exact) mass is 291 g/mol. The molecule has 0 aliphatic heterocycles. The maximum atomic E-state index is 6.05. The Morgan fingerprint density at radius 1 is 1.20 bits per heavy atom. The lowest BCUT2D eigenvalue weighted by Crippen LogP contribution is -2.17. The van der Waals surface area contributed by atoms with Gasteiger partial charge in [-0.2, -0.15) is 0 Å². The summed E-state index contributed by atoms with van der Waals surface area (Å²) in [4.78, 5) is 17.2. The molecule has 0 aliphatic carbocycles. The van der Waals surface area contributed by atoms with Crippen molar-refractivity contribution in [1.82, 2.24) is 19.9 Å². The summed E-state index contributed by atoms with van der Waals surface area (Å²) >= 11 is 6.05. The predicted octanol–water partition coefficient (Wildman–Crippen LogP) is 3.14. The van der Waals surface area contributed by atoms with E-state index in [0.29, 0.717) is 23.3 Å². The molecule has 2 aromatic heterocycles. The van der Waals surface area contributed by atoms with Crippen LogP contribution in [0.5, 0.6) is 0 Å². The van der Waals surface area contributed by atoms with Crippen LogP contribution in [-0.2, 0) is 12.0 Å². The number of aromatic nitrogens is 4. The lowest BCUT2D eigenvalue weighted by molar-refractivity contribution is 0.546. The normalized spacial score (nSPS) is 11.4. The number of rotatable bonds is 3. The molecular formula is C14H18ClN5. The first kappa shape index (κ1) is 14.7. The zero-order valence-electron chi connectivity index (χ0n) is 12.1. The maximum absolute atomic E-state index is 6.05. The molecule has 0 radical (unpaired) electrons. The molecule has 0 bridgehead atoms. The average Bonchev–Trinajstić information content (AvgIpc) is 2.35. The lowest BCUT2D eigenvalue weighted by Gasteiger charge is -2.17. The summed E-state index contributed by atoms with van der Waals surface area (Å²) < 4.78 is 0. The number of anilines is 1. The van der Waals surface area contributed by atoms with Gasteiger partial charge in [0.25, 0.3) is 0 Å². The van der Waals surface area contributed by atoms with E-state index < -0.39 is 0 Å². The molecule has 6 heteroatoms. The van der Waals surface area contributed by atoms with Crippen LogP contribution < -0.4 is 5.32 Å². The Hall–Kier alpha value is -1.75. The van der Waals surface area contributed by atoms with Crippen LogP contribution in [0.4, 0.5) is 5.82 Å². The molecule has 0 fully saturated rings. The van der Waals surface area contributed by atoms with Crippen molar-refractivity contribution >= 4 is 17.4 Å². The molecule has 1 N–H and O–H groups in total. The molecular weight excluding hydrogens is 274 g/mol. The molecule has 0 saturated carbocycles. The van der Waals surface area contributed by atoms with E-state index in [4.69, 9.17) is 11.6 Å². The number of nitrogens with one attached hydrogen (secondary N) is 1. The Morgan fingerprint density at radius 2 is 1.95 bits per heavy atom. The third-order valence-electron chi connectivity index (χ3n) is 2.65. The molecule has 0 atom stereocenters.